The van der Waals surface area contributed by atoms with Crippen LogP contribution in [0.4, 0.5) is 0 Å². The molecular formula is C74H125N3O56. The van der Waals surface area contributed by atoms with Crippen LogP contribution in [0.25, 0.3) is 0 Å². The second-order valence-electron chi connectivity index (χ2n) is 33.7. The minimum Gasteiger partial charge on any atom is -0.394 e. The van der Waals surface area contributed by atoms with Crippen LogP contribution in [0.1, 0.15) is 33.6 Å². The zero-order chi connectivity index (χ0) is 97.6. The Morgan fingerprint density at radius 3 is 0.827 bits per heavy atom. The summed E-state index contributed by atoms with van der Waals surface area (Å²) in [5.41, 5.74) is 0. The highest BCUT2D eigenvalue weighted by Crippen LogP contribution is 2.42. The standard InChI is InChI=1S/C74H125N3O56/c1-4-5-30(89)77-64-31(75-17(2)87)42(99)56(26(13-85)115-64)126-65-32(76-18(3)88)43(100)57(27(14-86)123-65)127-70-55(112)59(129-73-63(50(107)39(96)24(11-83)121-73)133-74-62(49(106)38(95)25(12-84)122-74)132-69-53(110)46(103)35(92)21(8-80)118-69)41(98)29(125-70)15-113-66-54(111)58(128-72-61(48(105)37(94)23(10-82)120-72)131-68-52(109)45(102)34(91)20(7-79)117-68)40(97)28(124-66)16-114-71-60(47(104)36(93)22(9-81)119-71)130-67-51(108)44(101)33(90)19(6-78)116-67/h19-29,31-74,78-86,90-112H,4-16H2,1-3H3,(H,75,87)(H,76,88)(H,77,89)/t19?,20-,21-,22?,23-,24-,25-,26?,27?,28?,29?,31?,32?,33+,34-,35-,36+,37-,38-,39-,40+,41+,42-,43-,44+,45?,46?,47+,48?,49?,50?,51?,52?,53?,54?,55?,56+,57+,58+,59+,60?,61?,62?,63?,64-,65+,66-,67+,68-,69-,70+,71-,72-,73-,74-/m1/s1. The molecule has 3 amide bonds. The molecule has 11 aliphatic heterocycles. The molecule has 11 fully saturated rings. The van der Waals surface area contributed by atoms with E-state index in [1.165, 1.54) is 0 Å². The average molecular weight is 1950 g/mol. The SMILES string of the molecule is CCCC(=O)N[C@@H]1OC(CO)[C@H](O[C@@H]2OC(CO)[C@H](O[C@@H]3OC(CO[C@@H]4OC(CO[C@@H]5OC(CO)[C@H](O)[C@H](O)C5O[C@@H]5OC(CO)[C@H](O)[C@H](O)C5O)[C@H](O)[C@H](O[C@H]5O[C@H](CO)[C@@H](O)C(O)C5O[C@H]5O[C@H](CO)[C@@H](O)C(O)C5O)C4O)[C@H](O)[C@H](O[C@H]4O[C@H](CO)[C@@H](O)C(O)C4O[C@H]4O[C@H](CO)[C@@H](O)C(O)C4O[C@H]4O[C@H](CO)[C@@H](O)C(O)C4O)C3O)[C@H](O)C2NC(C)=O)[C@H](O)C1NC(C)=O. The van der Waals surface area contributed by atoms with Gasteiger partial charge in [-0.3, -0.25) is 14.4 Å². The summed E-state index contributed by atoms with van der Waals surface area (Å²) in [7, 11) is 0. The normalized spacial score (nSPS) is 50.1. The summed E-state index contributed by atoms with van der Waals surface area (Å²) >= 11 is 0. The molecule has 11 heterocycles. The highest BCUT2D eigenvalue weighted by atomic mass is 16.8. The molecule has 133 heavy (non-hydrogen) atoms. The van der Waals surface area contributed by atoms with Crippen LogP contribution in [0.2, 0.25) is 0 Å². The number of amides is 3. The van der Waals surface area contributed by atoms with Crippen LogP contribution < -0.4 is 16.0 Å². The van der Waals surface area contributed by atoms with Gasteiger partial charge in [0.25, 0.3) is 0 Å². The molecule has 0 aromatic rings. The van der Waals surface area contributed by atoms with Gasteiger partial charge in [0, 0.05) is 20.3 Å². The third-order valence-electron chi connectivity index (χ3n) is 24.6. The van der Waals surface area contributed by atoms with Gasteiger partial charge in [0.2, 0.25) is 17.7 Å². The van der Waals surface area contributed by atoms with Crippen molar-refractivity contribution in [2.75, 3.05) is 72.7 Å². The first-order chi connectivity index (χ1) is 63.1. The number of ether oxygens (including phenoxy) is 21. The lowest BCUT2D eigenvalue weighted by Crippen LogP contribution is -2.71. The van der Waals surface area contributed by atoms with Crippen molar-refractivity contribution in [2.24, 2.45) is 0 Å². The lowest BCUT2D eigenvalue weighted by Gasteiger charge is -2.51. The van der Waals surface area contributed by atoms with Crippen molar-refractivity contribution >= 4 is 17.7 Å². The Labute approximate surface area is 752 Å². The van der Waals surface area contributed by atoms with E-state index in [4.69, 9.17) is 99.5 Å². The van der Waals surface area contributed by atoms with E-state index in [1.54, 1.807) is 6.92 Å². The Balaban J connectivity index is 0.964. The highest BCUT2D eigenvalue weighted by Gasteiger charge is 2.63. The average Bonchev–Trinajstić information content (AvgIpc) is 1.51. The van der Waals surface area contributed by atoms with E-state index in [2.05, 4.69) is 16.0 Å². The third-order valence-corrected chi connectivity index (χ3v) is 24.6. The number of carbonyl (C=O) groups excluding carboxylic acids is 3. The number of hydrogen-bond acceptors (Lipinski definition) is 56. The molecule has 0 aromatic carbocycles. The molecule has 0 bridgehead atoms. The Morgan fingerprint density at radius 1 is 0.226 bits per heavy atom. The molecule has 55 atom stereocenters. The van der Waals surface area contributed by atoms with Gasteiger partial charge in [-0.2, -0.15) is 0 Å². The zero-order valence-electron chi connectivity index (χ0n) is 71.1. The molecule has 35 N–H and O–H groups in total. The fraction of sp³-hybridized carbons (Fsp3) is 0.959. The van der Waals surface area contributed by atoms with Crippen LogP contribution in [0.3, 0.4) is 0 Å². The van der Waals surface area contributed by atoms with Gasteiger partial charge in [0.15, 0.2) is 69.1 Å². The molecule has 11 rings (SSSR count). The van der Waals surface area contributed by atoms with E-state index in [9.17, 15) is 178 Å². The summed E-state index contributed by atoms with van der Waals surface area (Å²) in [6.07, 6.45) is -117. The van der Waals surface area contributed by atoms with Crippen molar-refractivity contribution in [1.82, 2.24) is 16.0 Å². The number of hydrogen-bond donors (Lipinski definition) is 35. The Kier molecular flexibility index (Phi) is 39.9. The maximum absolute atomic E-state index is 13.3. The Bertz CT molecular complexity index is 3550. The molecule has 0 spiro atoms. The van der Waals surface area contributed by atoms with Gasteiger partial charge in [0.1, 0.15) is 268 Å². The van der Waals surface area contributed by atoms with Crippen LogP contribution in [0.15, 0.2) is 0 Å². The van der Waals surface area contributed by atoms with Crippen molar-refractivity contribution in [3.05, 3.63) is 0 Å². The van der Waals surface area contributed by atoms with E-state index >= 15 is 0 Å². The summed E-state index contributed by atoms with van der Waals surface area (Å²) in [5.74, 6) is -2.42. The number of aliphatic hydroxyl groups excluding tert-OH is 32. The molecule has 0 saturated carbocycles. The molecular weight excluding hydrogens is 1830 g/mol. The molecule has 0 aliphatic carbocycles. The topological polar surface area (TPSA) is 928 Å². The van der Waals surface area contributed by atoms with Crippen molar-refractivity contribution in [3.63, 3.8) is 0 Å². The Morgan fingerprint density at radius 2 is 0.474 bits per heavy atom. The van der Waals surface area contributed by atoms with E-state index in [1.807, 2.05) is 0 Å². The largest absolute Gasteiger partial charge is 0.394 e. The molecule has 59 heteroatoms. The summed E-state index contributed by atoms with van der Waals surface area (Å²) in [4.78, 5) is 38.8. The number of carbonyl (C=O) groups is 3. The number of aliphatic hydroxyl groups is 32. The zero-order valence-corrected chi connectivity index (χ0v) is 71.1. The van der Waals surface area contributed by atoms with Crippen LogP contribution in [0.5, 0.6) is 0 Å². The summed E-state index contributed by atoms with van der Waals surface area (Å²) < 4.78 is 125. The van der Waals surface area contributed by atoms with Gasteiger partial charge < -0.3 is 279 Å². The molecule has 11 aliphatic rings. The Hall–Kier alpha value is -3.71. The molecule has 0 aromatic heterocycles. The van der Waals surface area contributed by atoms with Crippen LogP contribution in [0, 0.1) is 0 Å². The predicted octanol–water partition coefficient (Wildman–Crippen LogP) is -23.8. The van der Waals surface area contributed by atoms with Gasteiger partial charge in [-0.15, -0.1) is 0 Å². The van der Waals surface area contributed by atoms with Gasteiger partial charge in [-0.25, -0.2) is 0 Å². The van der Waals surface area contributed by atoms with E-state index in [0.29, 0.717) is 6.42 Å². The lowest BCUT2D eigenvalue weighted by molar-refractivity contribution is -0.408. The summed E-state index contributed by atoms with van der Waals surface area (Å²) in [5, 5.41) is 366. The maximum atomic E-state index is 13.3. The lowest BCUT2D eigenvalue weighted by atomic mass is 9.93. The molecule has 11 saturated heterocycles. The summed E-state index contributed by atoms with van der Waals surface area (Å²) in [6.45, 7) is -9.22. The first-order valence-electron chi connectivity index (χ1n) is 42.7. The van der Waals surface area contributed by atoms with Crippen molar-refractivity contribution in [3.8, 4) is 0 Å². The molecule has 59 nitrogen and oxygen atoms in total. The third kappa shape index (κ3) is 24.1. The van der Waals surface area contributed by atoms with Gasteiger partial charge in [-0.1, -0.05) is 6.92 Å². The smallest absolute Gasteiger partial charge is 0.222 e. The minimum atomic E-state index is -2.70. The minimum absolute atomic E-state index is 0.0773. The highest BCUT2D eigenvalue weighted by molar-refractivity contribution is 5.77. The molecule has 772 valence electrons. The predicted molar refractivity (Wildman–Crippen MR) is 406 cm³/mol. The second-order valence-corrected chi connectivity index (χ2v) is 33.7. The van der Waals surface area contributed by atoms with Crippen molar-refractivity contribution in [1.29, 1.82) is 0 Å². The van der Waals surface area contributed by atoms with Crippen LogP contribution in [-0.2, 0) is 114 Å². The fourth-order valence-electron chi connectivity index (χ4n) is 17.1. The van der Waals surface area contributed by atoms with Crippen LogP contribution in [-0.4, -0.2) is 591 Å². The van der Waals surface area contributed by atoms with Crippen molar-refractivity contribution < 1.29 is 277 Å². The maximum Gasteiger partial charge on any atom is 0.222 e. The summed E-state index contributed by atoms with van der Waals surface area (Å²) in [6, 6.07) is -3.61. The first-order valence-corrected chi connectivity index (χ1v) is 42.7. The van der Waals surface area contributed by atoms with Gasteiger partial charge in [-0.05, 0) is 6.42 Å². The molecule has 22 unspecified atom stereocenters. The van der Waals surface area contributed by atoms with E-state index in [-0.39, 0.29) is 6.42 Å². The monoisotopic (exact) mass is 1950 g/mol. The second kappa shape index (κ2) is 48.4. The fourth-order valence-corrected chi connectivity index (χ4v) is 17.1. The molecule has 0 radical (unpaired) electrons. The quantitative estimate of drug-likeness (QED) is 0.0277. The number of rotatable bonds is 36. The van der Waals surface area contributed by atoms with Gasteiger partial charge in [0.05, 0.1) is 72.7 Å². The van der Waals surface area contributed by atoms with E-state index in [0.717, 1.165) is 13.8 Å². The van der Waals surface area contributed by atoms with Crippen LogP contribution >= 0.6 is 0 Å². The van der Waals surface area contributed by atoms with Gasteiger partial charge >= 0.3 is 0 Å². The first kappa shape index (κ1) is 110. The number of nitrogens with one attached hydrogen (secondary N) is 3. The van der Waals surface area contributed by atoms with E-state index < -0.39 is 428 Å². The van der Waals surface area contributed by atoms with Crippen molar-refractivity contribution in [2.45, 2.75) is 371 Å².